The summed E-state index contributed by atoms with van der Waals surface area (Å²) in [6.07, 6.45) is 3.34. The molecule has 0 amide bonds. The molecule has 104 valence electrons. The summed E-state index contributed by atoms with van der Waals surface area (Å²) >= 11 is 11.8. The van der Waals surface area contributed by atoms with E-state index in [1.165, 1.54) is 11.1 Å². The Balaban J connectivity index is 1.85. The van der Waals surface area contributed by atoms with E-state index in [0.29, 0.717) is 16.6 Å². The fourth-order valence-corrected chi connectivity index (χ4v) is 3.05. The van der Waals surface area contributed by atoms with E-state index in [1.807, 2.05) is 0 Å². The van der Waals surface area contributed by atoms with E-state index < -0.39 is 0 Å². The van der Waals surface area contributed by atoms with Crippen LogP contribution in [-0.2, 0) is 12.3 Å². The number of halogens is 2. The monoisotopic (exact) mass is 307 g/mol. The van der Waals surface area contributed by atoms with Crippen LogP contribution in [0.2, 0.25) is 5.02 Å². The molecule has 2 aromatic rings. The second-order valence-electron chi connectivity index (χ2n) is 4.91. The quantitative estimate of drug-likeness (QED) is 0.750. The van der Waals surface area contributed by atoms with Crippen LogP contribution in [0.4, 0.5) is 0 Å². The van der Waals surface area contributed by atoms with Gasteiger partial charge in [0.25, 0.3) is 0 Å². The van der Waals surface area contributed by atoms with Gasteiger partial charge in [0.2, 0.25) is 5.88 Å². The van der Waals surface area contributed by atoms with Gasteiger partial charge in [-0.3, -0.25) is 0 Å². The second-order valence-corrected chi connectivity index (χ2v) is 5.58. The lowest BCUT2D eigenvalue weighted by atomic mass is 9.89. The molecule has 0 saturated heterocycles. The van der Waals surface area contributed by atoms with Gasteiger partial charge in [-0.05, 0) is 36.5 Å². The smallest absolute Gasteiger partial charge is 0.214 e. The Labute approximate surface area is 128 Å². The van der Waals surface area contributed by atoms with E-state index in [1.54, 1.807) is 12.1 Å². The summed E-state index contributed by atoms with van der Waals surface area (Å²) in [5.41, 5.74) is 3.30. The van der Waals surface area contributed by atoms with Gasteiger partial charge in [-0.2, -0.15) is 0 Å². The summed E-state index contributed by atoms with van der Waals surface area (Å²) in [7, 11) is 0. The number of hydrogen-bond donors (Lipinski definition) is 0. The van der Waals surface area contributed by atoms with Crippen LogP contribution in [0.3, 0.4) is 0 Å². The lowest BCUT2D eigenvalue weighted by Gasteiger charge is -2.26. The van der Waals surface area contributed by atoms with Crippen molar-refractivity contribution >= 4 is 23.2 Å². The predicted octanol–water partition coefficient (Wildman–Crippen LogP) is 4.93. The molecule has 1 aromatic heterocycles. The fourth-order valence-electron chi connectivity index (χ4n) is 2.60. The molecule has 0 aliphatic heterocycles. The zero-order valence-corrected chi connectivity index (χ0v) is 12.5. The van der Waals surface area contributed by atoms with Gasteiger partial charge in [0.15, 0.2) is 0 Å². The van der Waals surface area contributed by atoms with Crippen LogP contribution in [0, 0.1) is 0 Å². The van der Waals surface area contributed by atoms with Gasteiger partial charge in [-0.25, -0.2) is 4.98 Å². The number of aryl methyl sites for hydroxylation is 1. The molecule has 0 fully saturated rings. The van der Waals surface area contributed by atoms with Gasteiger partial charge in [0.1, 0.15) is 6.10 Å². The first-order valence-electron chi connectivity index (χ1n) is 6.74. The van der Waals surface area contributed by atoms with Crippen LogP contribution in [-0.4, -0.2) is 4.98 Å². The number of aromatic nitrogens is 1. The summed E-state index contributed by atoms with van der Waals surface area (Å²) in [6.45, 7) is 0. The Kier molecular flexibility index (Phi) is 4.13. The van der Waals surface area contributed by atoms with Crippen molar-refractivity contribution in [1.29, 1.82) is 0 Å². The van der Waals surface area contributed by atoms with Crippen LogP contribution in [0.15, 0.2) is 36.4 Å². The average molecular weight is 308 g/mol. The first kappa shape index (κ1) is 13.7. The molecule has 1 unspecified atom stereocenters. The highest BCUT2D eigenvalue weighted by atomic mass is 35.5. The van der Waals surface area contributed by atoms with Crippen LogP contribution in [0.1, 0.15) is 35.8 Å². The molecule has 1 aliphatic carbocycles. The van der Waals surface area contributed by atoms with Gasteiger partial charge in [0, 0.05) is 6.07 Å². The summed E-state index contributed by atoms with van der Waals surface area (Å²) in [5.74, 6) is 0.879. The van der Waals surface area contributed by atoms with Gasteiger partial charge in [-0.15, -0.1) is 11.6 Å². The van der Waals surface area contributed by atoms with Crippen LogP contribution < -0.4 is 4.74 Å². The maximum Gasteiger partial charge on any atom is 0.214 e. The standard InChI is InChI=1S/C16H15Cl2NO/c17-10-14-13(18)8-9-16(19-14)20-15-7-3-5-11-4-1-2-6-12(11)15/h1-2,4,6,8-9,15H,3,5,7,10H2. The van der Waals surface area contributed by atoms with E-state index in [0.717, 1.165) is 19.3 Å². The predicted molar refractivity (Wildman–Crippen MR) is 81.6 cm³/mol. The molecular formula is C16H15Cl2NO. The average Bonchev–Trinajstić information content (AvgIpc) is 2.49. The van der Waals surface area contributed by atoms with Crippen molar-refractivity contribution in [3.63, 3.8) is 0 Å². The fraction of sp³-hybridized carbons (Fsp3) is 0.312. The molecule has 0 radical (unpaired) electrons. The first-order valence-corrected chi connectivity index (χ1v) is 7.65. The number of rotatable bonds is 3. The third-order valence-corrected chi connectivity index (χ3v) is 4.19. The van der Waals surface area contributed by atoms with Crippen molar-refractivity contribution in [3.05, 3.63) is 58.2 Å². The number of benzene rings is 1. The lowest BCUT2D eigenvalue weighted by Crippen LogP contribution is -2.15. The van der Waals surface area contributed by atoms with Crippen LogP contribution >= 0.6 is 23.2 Å². The molecule has 20 heavy (non-hydrogen) atoms. The van der Waals surface area contributed by atoms with E-state index in [9.17, 15) is 0 Å². The van der Waals surface area contributed by atoms with Gasteiger partial charge in [0.05, 0.1) is 16.6 Å². The zero-order chi connectivity index (χ0) is 13.9. The van der Waals surface area contributed by atoms with Crippen molar-refractivity contribution in [2.45, 2.75) is 31.2 Å². The summed E-state index contributed by atoms with van der Waals surface area (Å²) < 4.78 is 6.05. The minimum Gasteiger partial charge on any atom is -0.469 e. The number of alkyl halides is 1. The topological polar surface area (TPSA) is 22.1 Å². The Morgan fingerprint density at radius 2 is 2.05 bits per heavy atom. The summed E-state index contributed by atoms with van der Waals surface area (Å²) in [5, 5.41) is 0.580. The minimum absolute atomic E-state index is 0.0665. The van der Waals surface area contributed by atoms with Crippen molar-refractivity contribution in [1.82, 2.24) is 4.98 Å². The van der Waals surface area contributed by atoms with Crippen molar-refractivity contribution in [2.75, 3.05) is 0 Å². The molecule has 0 bridgehead atoms. The number of fused-ring (bicyclic) bond motifs is 1. The number of hydrogen-bond acceptors (Lipinski definition) is 2. The third-order valence-electron chi connectivity index (χ3n) is 3.60. The maximum absolute atomic E-state index is 6.05. The molecular weight excluding hydrogens is 293 g/mol. The van der Waals surface area contributed by atoms with Crippen molar-refractivity contribution in [3.8, 4) is 5.88 Å². The van der Waals surface area contributed by atoms with Crippen LogP contribution in [0.25, 0.3) is 0 Å². The largest absolute Gasteiger partial charge is 0.469 e. The van der Waals surface area contributed by atoms with Crippen LogP contribution in [0.5, 0.6) is 5.88 Å². The molecule has 4 heteroatoms. The maximum atomic E-state index is 6.05. The number of ether oxygens (including phenoxy) is 1. The highest BCUT2D eigenvalue weighted by molar-refractivity contribution is 6.32. The van der Waals surface area contributed by atoms with Gasteiger partial charge in [-0.1, -0.05) is 35.9 Å². The van der Waals surface area contributed by atoms with E-state index in [-0.39, 0.29) is 12.0 Å². The Hall–Kier alpha value is -1.25. The summed E-state index contributed by atoms with van der Waals surface area (Å²) in [4.78, 5) is 4.37. The molecule has 0 saturated carbocycles. The molecule has 1 heterocycles. The highest BCUT2D eigenvalue weighted by Gasteiger charge is 2.21. The zero-order valence-electron chi connectivity index (χ0n) is 11.0. The lowest BCUT2D eigenvalue weighted by molar-refractivity contribution is 0.175. The normalized spacial score (nSPS) is 17.6. The second kappa shape index (κ2) is 6.02. The SMILES string of the molecule is ClCc1nc(OC2CCCc3ccccc32)ccc1Cl. The molecule has 1 atom stereocenters. The van der Waals surface area contributed by atoms with Crippen molar-refractivity contribution < 1.29 is 4.74 Å². The Morgan fingerprint density at radius 3 is 2.90 bits per heavy atom. The molecule has 2 nitrogen and oxygen atoms in total. The first-order chi connectivity index (χ1) is 9.78. The molecule has 0 spiro atoms. The van der Waals surface area contributed by atoms with Gasteiger partial charge >= 0.3 is 0 Å². The Bertz CT molecular complexity index is 615. The minimum atomic E-state index is 0.0665. The number of pyridine rings is 1. The molecule has 1 aliphatic rings. The third kappa shape index (κ3) is 2.77. The van der Waals surface area contributed by atoms with E-state index in [2.05, 4.69) is 29.2 Å². The van der Waals surface area contributed by atoms with E-state index in [4.69, 9.17) is 27.9 Å². The van der Waals surface area contributed by atoms with Crippen molar-refractivity contribution in [2.24, 2.45) is 0 Å². The summed E-state index contributed by atoms with van der Waals surface area (Å²) in [6, 6.07) is 12.0. The Morgan fingerprint density at radius 1 is 1.20 bits per heavy atom. The molecule has 3 rings (SSSR count). The van der Waals surface area contributed by atoms with E-state index >= 15 is 0 Å². The highest BCUT2D eigenvalue weighted by Crippen LogP contribution is 2.33. The number of nitrogens with zero attached hydrogens (tertiary/aromatic N) is 1. The molecule has 1 aromatic carbocycles. The molecule has 0 N–H and O–H groups in total. The van der Waals surface area contributed by atoms with Gasteiger partial charge < -0.3 is 4.74 Å².